The minimum absolute atomic E-state index is 0.0841. The molecule has 0 saturated carbocycles. The summed E-state index contributed by atoms with van der Waals surface area (Å²) in [7, 11) is 0. The molecule has 19 heavy (non-hydrogen) atoms. The first-order chi connectivity index (χ1) is 9.24. The lowest BCUT2D eigenvalue weighted by atomic mass is 10.1. The number of carbonyl (C=O) groups is 1. The molecule has 1 aromatic rings. The third kappa shape index (κ3) is 5.19. The summed E-state index contributed by atoms with van der Waals surface area (Å²) in [5.41, 5.74) is 0.730. The second kappa shape index (κ2) is 7.48. The van der Waals surface area contributed by atoms with E-state index < -0.39 is 0 Å². The molecule has 1 fully saturated rings. The number of nitrogens with one attached hydrogen (secondary N) is 2. The normalized spacial score (nSPS) is 19.1. The summed E-state index contributed by atoms with van der Waals surface area (Å²) in [4.78, 5) is 11.6. The van der Waals surface area contributed by atoms with E-state index in [9.17, 15) is 4.79 Å². The van der Waals surface area contributed by atoms with Crippen LogP contribution in [0.4, 0.5) is 5.69 Å². The van der Waals surface area contributed by atoms with Gasteiger partial charge >= 0.3 is 0 Å². The van der Waals surface area contributed by atoms with E-state index in [1.54, 1.807) is 24.3 Å². The minimum atomic E-state index is -0.141. The lowest BCUT2D eigenvalue weighted by Crippen LogP contribution is -2.38. The molecule has 0 aromatic heterocycles. The molecule has 1 heterocycles. The molecule has 5 heteroatoms. The number of anilines is 1. The summed E-state index contributed by atoms with van der Waals surface area (Å²) in [5, 5.41) is 6.79. The summed E-state index contributed by atoms with van der Waals surface area (Å²) in [6.45, 7) is 1.72. The van der Waals surface area contributed by atoms with Crippen LogP contribution in [0.3, 0.4) is 0 Å². The number of carbonyl (C=O) groups excluding carboxylic acids is 1. The lowest BCUT2D eigenvalue weighted by Gasteiger charge is -2.22. The number of benzene rings is 1. The summed E-state index contributed by atoms with van der Waals surface area (Å²) in [6, 6.07) is 7.40. The highest BCUT2D eigenvalue weighted by atomic mass is 35.5. The van der Waals surface area contributed by atoms with Crippen LogP contribution in [0.25, 0.3) is 0 Å². The summed E-state index contributed by atoms with van der Waals surface area (Å²) < 4.78 is 5.43. The van der Waals surface area contributed by atoms with Gasteiger partial charge in [0.15, 0.2) is 0 Å². The zero-order valence-electron chi connectivity index (χ0n) is 10.8. The largest absolute Gasteiger partial charge is 0.370 e. The fourth-order valence-electron chi connectivity index (χ4n) is 2.09. The Labute approximate surface area is 118 Å². The highest BCUT2D eigenvalue weighted by molar-refractivity contribution is 6.30. The number of halogens is 1. The Balaban J connectivity index is 1.65. The Hall–Kier alpha value is -1.10. The highest BCUT2D eigenvalue weighted by Gasteiger charge is 2.13. The zero-order chi connectivity index (χ0) is 13.5. The molecule has 0 aliphatic carbocycles. The first kappa shape index (κ1) is 14.3. The Morgan fingerprint density at radius 3 is 2.84 bits per heavy atom. The van der Waals surface area contributed by atoms with Crippen LogP contribution < -0.4 is 10.6 Å². The van der Waals surface area contributed by atoms with E-state index in [1.165, 1.54) is 12.8 Å². The van der Waals surface area contributed by atoms with E-state index in [0.717, 1.165) is 18.7 Å². The average Bonchev–Trinajstić information content (AvgIpc) is 2.43. The molecular weight excluding hydrogens is 264 g/mol. The van der Waals surface area contributed by atoms with Crippen molar-refractivity contribution in [3.8, 4) is 0 Å². The molecule has 1 aromatic carbocycles. The fourth-order valence-corrected chi connectivity index (χ4v) is 2.22. The lowest BCUT2D eigenvalue weighted by molar-refractivity contribution is -0.120. The molecule has 0 bridgehead atoms. The van der Waals surface area contributed by atoms with Crippen LogP contribution in [0.15, 0.2) is 24.3 Å². The average molecular weight is 283 g/mol. The van der Waals surface area contributed by atoms with Gasteiger partial charge in [-0.1, -0.05) is 18.0 Å². The van der Waals surface area contributed by atoms with Crippen molar-refractivity contribution in [3.63, 3.8) is 0 Å². The third-order valence-corrected chi connectivity index (χ3v) is 3.34. The van der Waals surface area contributed by atoms with Crippen molar-refractivity contribution in [2.75, 3.05) is 25.1 Å². The van der Waals surface area contributed by atoms with Gasteiger partial charge in [-0.2, -0.15) is 0 Å². The van der Waals surface area contributed by atoms with E-state index in [-0.39, 0.29) is 12.5 Å². The van der Waals surface area contributed by atoms with E-state index in [2.05, 4.69) is 10.6 Å². The molecule has 104 valence electrons. The minimum Gasteiger partial charge on any atom is -0.370 e. The van der Waals surface area contributed by atoms with Crippen molar-refractivity contribution >= 4 is 23.2 Å². The van der Waals surface area contributed by atoms with Crippen LogP contribution in [0, 0.1) is 0 Å². The van der Waals surface area contributed by atoms with Crippen molar-refractivity contribution in [1.29, 1.82) is 0 Å². The van der Waals surface area contributed by atoms with E-state index in [1.807, 2.05) is 0 Å². The molecule has 0 spiro atoms. The van der Waals surface area contributed by atoms with Crippen LogP contribution >= 0.6 is 11.6 Å². The Morgan fingerprint density at radius 2 is 2.16 bits per heavy atom. The molecule has 0 radical (unpaired) electrons. The van der Waals surface area contributed by atoms with Crippen LogP contribution in [0.1, 0.15) is 19.3 Å². The Kier molecular flexibility index (Phi) is 5.63. The third-order valence-electron chi connectivity index (χ3n) is 3.09. The Morgan fingerprint density at radius 1 is 1.37 bits per heavy atom. The first-order valence-electron chi connectivity index (χ1n) is 6.60. The van der Waals surface area contributed by atoms with Crippen molar-refractivity contribution in [2.24, 2.45) is 0 Å². The standard InChI is InChI=1S/C14H19ClN2O2/c15-11-4-6-12(7-5-11)17-14(18)10-19-9-13-3-1-2-8-16-13/h4-7,13,16H,1-3,8-10H2,(H,17,18). The molecule has 1 aliphatic heterocycles. The quantitative estimate of drug-likeness (QED) is 0.872. The predicted molar refractivity (Wildman–Crippen MR) is 76.5 cm³/mol. The van der Waals surface area contributed by atoms with Gasteiger partial charge in [-0.25, -0.2) is 0 Å². The van der Waals surface area contributed by atoms with E-state index in [0.29, 0.717) is 17.7 Å². The number of rotatable bonds is 5. The van der Waals surface area contributed by atoms with Crippen LogP contribution in [-0.4, -0.2) is 31.7 Å². The molecule has 1 atom stereocenters. The second-order valence-electron chi connectivity index (χ2n) is 4.72. The summed E-state index contributed by atoms with van der Waals surface area (Å²) in [6.07, 6.45) is 3.59. The van der Waals surface area contributed by atoms with Gasteiger partial charge < -0.3 is 15.4 Å². The molecular formula is C14H19ClN2O2. The number of ether oxygens (including phenoxy) is 1. The monoisotopic (exact) mass is 282 g/mol. The van der Waals surface area contributed by atoms with Crippen molar-refractivity contribution in [1.82, 2.24) is 5.32 Å². The van der Waals surface area contributed by atoms with Gasteiger partial charge in [0.2, 0.25) is 5.91 Å². The number of hydrogen-bond acceptors (Lipinski definition) is 3. The van der Waals surface area contributed by atoms with E-state index in [4.69, 9.17) is 16.3 Å². The van der Waals surface area contributed by atoms with Gasteiger partial charge in [0.1, 0.15) is 6.61 Å². The van der Waals surface area contributed by atoms with Crippen molar-refractivity contribution in [2.45, 2.75) is 25.3 Å². The second-order valence-corrected chi connectivity index (χ2v) is 5.15. The highest BCUT2D eigenvalue weighted by Crippen LogP contribution is 2.13. The molecule has 2 N–H and O–H groups in total. The van der Waals surface area contributed by atoms with Crippen LogP contribution in [-0.2, 0) is 9.53 Å². The molecule has 1 amide bonds. The molecule has 1 unspecified atom stereocenters. The fraction of sp³-hybridized carbons (Fsp3) is 0.500. The molecule has 4 nitrogen and oxygen atoms in total. The SMILES string of the molecule is O=C(COCC1CCCCN1)Nc1ccc(Cl)cc1. The van der Waals surface area contributed by atoms with Gasteiger partial charge in [-0.05, 0) is 43.7 Å². The topological polar surface area (TPSA) is 50.4 Å². The maximum absolute atomic E-state index is 11.6. The van der Waals surface area contributed by atoms with Gasteiger partial charge in [-0.15, -0.1) is 0 Å². The number of amides is 1. The van der Waals surface area contributed by atoms with E-state index >= 15 is 0 Å². The Bertz CT molecular complexity index is 402. The summed E-state index contributed by atoms with van der Waals surface area (Å²) >= 11 is 5.77. The zero-order valence-corrected chi connectivity index (χ0v) is 11.6. The molecule has 1 aliphatic rings. The summed E-state index contributed by atoms with van der Waals surface area (Å²) in [5.74, 6) is -0.141. The first-order valence-corrected chi connectivity index (χ1v) is 6.98. The maximum atomic E-state index is 11.6. The smallest absolute Gasteiger partial charge is 0.250 e. The van der Waals surface area contributed by atoms with Crippen LogP contribution in [0.5, 0.6) is 0 Å². The number of hydrogen-bond donors (Lipinski definition) is 2. The van der Waals surface area contributed by atoms with Crippen molar-refractivity contribution < 1.29 is 9.53 Å². The maximum Gasteiger partial charge on any atom is 0.250 e. The van der Waals surface area contributed by atoms with Gasteiger partial charge in [0, 0.05) is 16.8 Å². The molecule has 2 rings (SSSR count). The molecule has 1 saturated heterocycles. The predicted octanol–water partition coefficient (Wildman–Crippen LogP) is 2.44. The van der Waals surface area contributed by atoms with Crippen molar-refractivity contribution in [3.05, 3.63) is 29.3 Å². The van der Waals surface area contributed by atoms with Crippen LogP contribution in [0.2, 0.25) is 5.02 Å². The van der Waals surface area contributed by atoms with Gasteiger partial charge in [0.25, 0.3) is 0 Å². The van der Waals surface area contributed by atoms with Gasteiger partial charge in [0.05, 0.1) is 6.61 Å². The number of piperidine rings is 1. The van der Waals surface area contributed by atoms with Gasteiger partial charge in [-0.3, -0.25) is 4.79 Å².